The maximum absolute atomic E-state index is 14.0. The molecule has 1 aromatic heterocycles. The average molecular weight is 558 g/mol. The molecule has 11 heteroatoms. The molecule has 8 nitrogen and oxygen atoms in total. The van der Waals surface area contributed by atoms with E-state index in [0.29, 0.717) is 30.9 Å². The van der Waals surface area contributed by atoms with Gasteiger partial charge < -0.3 is 21.3 Å². The van der Waals surface area contributed by atoms with Crippen LogP contribution in [0.3, 0.4) is 0 Å². The molecule has 3 heterocycles. The van der Waals surface area contributed by atoms with Crippen molar-refractivity contribution in [2.75, 3.05) is 10.2 Å². The molecule has 2 bridgehead atoms. The first-order valence-electron chi connectivity index (χ1n) is 13.9. The lowest BCUT2D eigenvalue weighted by Gasteiger charge is -2.40. The summed E-state index contributed by atoms with van der Waals surface area (Å²) in [6.07, 6.45) is 2.17. The maximum Gasteiger partial charge on any atom is 0.417 e. The monoisotopic (exact) mass is 557 g/mol. The van der Waals surface area contributed by atoms with E-state index < -0.39 is 29.1 Å². The Morgan fingerprint density at radius 1 is 1.07 bits per heavy atom. The van der Waals surface area contributed by atoms with Gasteiger partial charge in [-0.1, -0.05) is 6.92 Å². The molecule has 1 aromatic carbocycles. The average Bonchev–Trinajstić information content (AvgIpc) is 3.72. The molecule has 2 aliphatic heterocycles. The second kappa shape index (κ2) is 10.7. The standard InChI is InChI=1S/C29H34F3N5O3/c1-3-15(2)35-24-13-21(23(29(30,31)32)12-22(24)27(33)39)28(40)36-18-10-19-7-8-20(11-18)37(19)25-9-6-17(14-34-25)26(38)16-4-5-16/h6,9,12-16,18-20,35H,3-5,7-8,10-11H2,1-2H3,(H2,33,39)(H,36,40)/t15-,18-,19+,20-/m1/s1. The highest BCUT2D eigenvalue weighted by Crippen LogP contribution is 2.40. The number of hydrogen-bond acceptors (Lipinski definition) is 6. The maximum atomic E-state index is 14.0. The number of halogens is 3. The molecular weight excluding hydrogens is 523 g/mol. The number of pyridine rings is 1. The third kappa shape index (κ3) is 5.64. The van der Waals surface area contributed by atoms with E-state index in [9.17, 15) is 27.6 Å². The number of nitrogens with zero attached hydrogens (tertiary/aromatic N) is 2. The first-order valence-corrected chi connectivity index (χ1v) is 13.9. The fourth-order valence-corrected chi connectivity index (χ4v) is 5.91. The summed E-state index contributed by atoms with van der Waals surface area (Å²) in [6, 6.07) is 5.10. The van der Waals surface area contributed by atoms with E-state index in [4.69, 9.17) is 5.73 Å². The largest absolute Gasteiger partial charge is 0.417 e. The zero-order chi connectivity index (χ0) is 28.8. The van der Waals surface area contributed by atoms with Gasteiger partial charge >= 0.3 is 6.18 Å². The number of ketones is 1. The highest BCUT2D eigenvalue weighted by atomic mass is 19.4. The number of Topliss-reactive ketones (excluding diaryl/α,β-unsaturated/α-hetero) is 1. The minimum Gasteiger partial charge on any atom is -0.382 e. The lowest BCUT2D eigenvalue weighted by molar-refractivity contribution is -0.137. The van der Waals surface area contributed by atoms with Crippen molar-refractivity contribution in [3.05, 3.63) is 52.7 Å². The number of alkyl halides is 3. The topological polar surface area (TPSA) is 117 Å². The van der Waals surface area contributed by atoms with Gasteiger partial charge in [0.25, 0.3) is 11.8 Å². The quantitative estimate of drug-likeness (QED) is 0.377. The first-order chi connectivity index (χ1) is 19.0. The highest BCUT2D eigenvalue weighted by Gasteiger charge is 2.43. The number of nitrogens with two attached hydrogens (primary N) is 1. The number of aromatic nitrogens is 1. The Bertz CT molecular complexity index is 1300. The number of primary amides is 1. The van der Waals surface area contributed by atoms with Crippen molar-refractivity contribution >= 4 is 29.1 Å². The number of carbonyl (C=O) groups is 3. The van der Waals surface area contributed by atoms with Crippen molar-refractivity contribution < 1.29 is 27.6 Å². The van der Waals surface area contributed by atoms with Crippen LogP contribution < -0.4 is 21.3 Å². The molecule has 2 saturated heterocycles. The summed E-state index contributed by atoms with van der Waals surface area (Å²) < 4.78 is 42.0. The van der Waals surface area contributed by atoms with Gasteiger partial charge in [0, 0.05) is 47.5 Å². The van der Waals surface area contributed by atoms with Gasteiger partial charge in [-0.25, -0.2) is 4.98 Å². The molecule has 214 valence electrons. The molecule has 40 heavy (non-hydrogen) atoms. The minimum absolute atomic E-state index is 0.0727. The van der Waals surface area contributed by atoms with Crippen molar-refractivity contribution in [1.29, 1.82) is 0 Å². The second-order valence-electron chi connectivity index (χ2n) is 11.2. The van der Waals surface area contributed by atoms with Gasteiger partial charge in [0.2, 0.25) is 0 Å². The number of amides is 2. The Morgan fingerprint density at radius 2 is 1.75 bits per heavy atom. The Balaban J connectivity index is 1.34. The summed E-state index contributed by atoms with van der Waals surface area (Å²) in [6.45, 7) is 3.71. The number of anilines is 2. The van der Waals surface area contributed by atoms with Crippen LogP contribution in [0, 0.1) is 5.92 Å². The molecule has 1 saturated carbocycles. The SMILES string of the molecule is CC[C@@H](C)Nc1cc(C(=O)N[C@H]2C[C@H]3CC[C@@H](C2)N3c2ccc(C(=O)C3CC3)cn2)c(C(F)(F)F)cc1C(N)=O. The molecule has 3 fully saturated rings. The van der Waals surface area contributed by atoms with Crippen LogP contribution in [0.2, 0.25) is 0 Å². The number of nitrogens with one attached hydrogen (secondary N) is 2. The Hall–Kier alpha value is -3.63. The second-order valence-corrected chi connectivity index (χ2v) is 11.2. The lowest BCUT2D eigenvalue weighted by atomic mass is 9.95. The molecule has 4 atom stereocenters. The summed E-state index contributed by atoms with van der Waals surface area (Å²) >= 11 is 0. The van der Waals surface area contributed by atoms with Gasteiger partial charge in [-0.05, 0) is 76.1 Å². The molecule has 5 rings (SSSR count). The van der Waals surface area contributed by atoms with E-state index in [-0.39, 0.29) is 47.1 Å². The molecule has 0 spiro atoms. The number of fused-ring (bicyclic) bond motifs is 2. The molecule has 3 aliphatic rings. The van der Waals surface area contributed by atoms with Crippen LogP contribution in [0.25, 0.3) is 0 Å². The Kier molecular flexibility index (Phi) is 7.50. The van der Waals surface area contributed by atoms with Crippen LogP contribution in [0.5, 0.6) is 0 Å². The minimum atomic E-state index is -4.85. The van der Waals surface area contributed by atoms with E-state index in [1.807, 2.05) is 26.0 Å². The van der Waals surface area contributed by atoms with E-state index in [2.05, 4.69) is 20.5 Å². The van der Waals surface area contributed by atoms with Crippen LogP contribution in [-0.4, -0.2) is 46.7 Å². The van der Waals surface area contributed by atoms with Gasteiger partial charge in [-0.3, -0.25) is 14.4 Å². The molecular formula is C29H34F3N5O3. The first kappa shape index (κ1) is 27.9. The summed E-state index contributed by atoms with van der Waals surface area (Å²) in [5.74, 6) is -0.824. The zero-order valence-electron chi connectivity index (χ0n) is 22.6. The number of piperidine rings is 1. The summed E-state index contributed by atoms with van der Waals surface area (Å²) in [7, 11) is 0. The van der Waals surface area contributed by atoms with Crippen LogP contribution in [0.15, 0.2) is 30.5 Å². The number of rotatable bonds is 9. The Labute approximate surface area is 230 Å². The number of hydrogen-bond donors (Lipinski definition) is 3. The van der Waals surface area contributed by atoms with Crippen molar-refractivity contribution in [3.8, 4) is 0 Å². The highest BCUT2D eigenvalue weighted by molar-refractivity contribution is 6.03. The molecule has 2 amide bonds. The molecule has 2 aromatic rings. The van der Waals surface area contributed by atoms with Gasteiger partial charge in [0.05, 0.1) is 16.7 Å². The predicted octanol–water partition coefficient (Wildman–Crippen LogP) is 4.93. The zero-order valence-corrected chi connectivity index (χ0v) is 22.6. The van der Waals surface area contributed by atoms with E-state index in [0.717, 1.165) is 37.6 Å². The smallest absolute Gasteiger partial charge is 0.382 e. The fraction of sp³-hybridized carbons (Fsp3) is 0.517. The predicted molar refractivity (Wildman–Crippen MR) is 144 cm³/mol. The summed E-state index contributed by atoms with van der Waals surface area (Å²) in [5.41, 5.74) is 4.05. The Morgan fingerprint density at radius 3 is 2.27 bits per heavy atom. The summed E-state index contributed by atoms with van der Waals surface area (Å²) in [4.78, 5) is 44.4. The number of benzene rings is 1. The van der Waals surface area contributed by atoms with Gasteiger partial charge in [0.1, 0.15) is 5.82 Å². The van der Waals surface area contributed by atoms with Crippen molar-refractivity contribution in [2.45, 2.75) is 89.1 Å². The van der Waals surface area contributed by atoms with Crippen molar-refractivity contribution in [2.24, 2.45) is 11.7 Å². The lowest BCUT2D eigenvalue weighted by Crippen LogP contribution is -2.51. The normalized spacial score (nSPS) is 23.0. The van der Waals surface area contributed by atoms with Crippen LogP contribution in [0.4, 0.5) is 24.7 Å². The third-order valence-electron chi connectivity index (χ3n) is 8.30. The fourth-order valence-electron chi connectivity index (χ4n) is 5.91. The van der Waals surface area contributed by atoms with E-state index >= 15 is 0 Å². The van der Waals surface area contributed by atoms with Crippen LogP contribution >= 0.6 is 0 Å². The van der Waals surface area contributed by atoms with Gasteiger partial charge in [0.15, 0.2) is 5.78 Å². The van der Waals surface area contributed by atoms with Gasteiger partial charge in [-0.15, -0.1) is 0 Å². The van der Waals surface area contributed by atoms with E-state index in [1.54, 1.807) is 6.20 Å². The van der Waals surface area contributed by atoms with Crippen molar-refractivity contribution in [3.63, 3.8) is 0 Å². The molecule has 1 aliphatic carbocycles. The summed E-state index contributed by atoms with van der Waals surface area (Å²) in [5, 5.41) is 5.84. The van der Waals surface area contributed by atoms with Crippen LogP contribution in [0.1, 0.15) is 95.4 Å². The molecule has 4 N–H and O–H groups in total. The van der Waals surface area contributed by atoms with E-state index in [1.165, 1.54) is 0 Å². The molecule has 0 unspecified atom stereocenters. The third-order valence-corrected chi connectivity index (χ3v) is 8.30. The number of carbonyl (C=O) groups excluding carboxylic acids is 3. The van der Waals surface area contributed by atoms with Gasteiger partial charge in [-0.2, -0.15) is 13.2 Å². The van der Waals surface area contributed by atoms with Crippen LogP contribution in [-0.2, 0) is 6.18 Å². The molecule has 0 radical (unpaired) electrons. The van der Waals surface area contributed by atoms with Crippen molar-refractivity contribution in [1.82, 2.24) is 10.3 Å².